The van der Waals surface area contributed by atoms with Crippen LogP contribution in [0.1, 0.15) is 30.6 Å². The number of nitrogens with zero attached hydrogens (tertiary/aromatic N) is 5. The topological polar surface area (TPSA) is 88.1 Å². The van der Waals surface area contributed by atoms with Gasteiger partial charge in [-0.2, -0.15) is 0 Å². The van der Waals surface area contributed by atoms with Crippen LogP contribution in [0, 0.1) is 5.92 Å². The number of aromatic nitrogens is 2. The van der Waals surface area contributed by atoms with Gasteiger partial charge in [-0.25, -0.2) is 0 Å². The van der Waals surface area contributed by atoms with Crippen LogP contribution in [0.3, 0.4) is 0 Å². The Morgan fingerprint density at radius 2 is 1.69 bits per heavy atom. The summed E-state index contributed by atoms with van der Waals surface area (Å²) in [4.78, 5) is 32.1. The minimum absolute atomic E-state index is 0.0322. The highest BCUT2D eigenvalue weighted by Gasteiger charge is 2.26. The standard InChI is InChI=1S/C30H37N5O4/c1-5-22(2)20-35(30(37)23-9-7-6-8-10-23)21-29(36)34-17-15-33(16-18-34)28-14-13-26(31-32-28)25-12-11-24(38-3)19-27(25)39-4/h6-14,19,22H,5,15-18,20-21H2,1-4H3/t22-/m0/s1. The van der Waals surface area contributed by atoms with Crippen LogP contribution in [0.2, 0.25) is 0 Å². The van der Waals surface area contributed by atoms with Crippen molar-refractivity contribution in [1.29, 1.82) is 0 Å². The molecule has 0 saturated carbocycles. The first-order valence-corrected chi connectivity index (χ1v) is 13.4. The molecule has 1 saturated heterocycles. The highest BCUT2D eigenvalue weighted by atomic mass is 16.5. The second-order valence-electron chi connectivity index (χ2n) is 9.78. The van der Waals surface area contributed by atoms with Gasteiger partial charge >= 0.3 is 0 Å². The van der Waals surface area contributed by atoms with E-state index in [1.165, 1.54) is 0 Å². The molecule has 1 fully saturated rings. The normalized spacial score (nSPS) is 14.1. The van der Waals surface area contributed by atoms with Crippen molar-refractivity contribution in [3.63, 3.8) is 0 Å². The first-order valence-electron chi connectivity index (χ1n) is 13.4. The minimum atomic E-state index is -0.105. The lowest BCUT2D eigenvalue weighted by Crippen LogP contribution is -2.52. The number of piperazine rings is 1. The zero-order valence-corrected chi connectivity index (χ0v) is 23.2. The summed E-state index contributed by atoms with van der Waals surface area (Å²) in [6.07, 6.45) is 0.941. The lowest BCUT2D eigenvalue weighted by atomic mass is 10.1. The van der Waals surface area contributed by atoms with E-state index in [-0.39, 0.29) is 18.4 Å². The number of carbonyl (C=O) groups excluding carboxylic acids is 2. The van der Waals surface area contributed by atoms with Gasteiger partial charge in [-0.05, 0) is 42.3 Å². The Morgan fingerprint density at radius 1 is 0.949 bits per heavy atom. The monoisotopic (exact) mass is 531 g/mol. The van der Waals surface area contributed by atoms with Crippen molar-refractivity contribution in [3.05, 3.63) is 66.2 Å². The van der Waals surface area contributed by atoms with E-state index < -0.39 is 0 Å². The van der Waals surface area contributed by atoms with Gasteiger partial charge in [0, 0.05) is 49.9 Å². The highest BCUT2D eigenvalue weighted by Crippen LogP contribution is 2.32. The van der Waals surface area contributed by atoms with Gasteiger partial charge in [-0.1, -0.05) is 38.5 Å². The van der Waals surface area contributed by atoms with Gasteiger partial charge in [0.2, 0.25) is 5.91 Å². The average molecular weight is 532 g/mol. The largest absolute Gasteiger partial charge is 0.497 e. The van der Waals surface area contributed by atoms with Gasteiger partial charge < -0.3 is 24.2 Å². The Kier molecular flexibility index (Phi) is 9.35. The lowest BCUT2D eigenvalue weighted by Gasteiger charge is -2.36. The van der Waals surface area contributed by atoms with Crippen molar-refractivity contribution < 1.29 is 19.1 Å². The number of carbonyl (C=O) groups is 2. The van der Waals surface area contributed by atoms with Crippen LogP contribution in [0.5, 0.6) is 11.5 Å². The van der Waals surface area contributed by atoms with Gasteiger partial charge in [0.1, 0.15) is 18.0 Å². The zero-order valence-electron chi connectivity index (χ0n) is 23.2. The molecule has 2 amide bonds. The van der Waals surface area contributed by atoms with Gasteiger partial charge in [0.25, 0.3) is 5.91 Å². The summed E-state index contributed by atoms with van der Waals surface area (Å²) >= 11 is 0. The summed E-state index contributed by atoms with van der Waals surface area (Å²) in [5, 5.41) is 8.88. The molecule has 2 aromatic carbocycles. The number of amides is 2. The fourth-order valence-corrected chi connectivity index (χ4v) is 4.58. The predicted molar refractivity (Wildman–Crippen MR) is 151 cm³/mol. The third-order valence-corrected chi connectivity index (χ3v) is 7.15. The second kappa shape index (κ2) is 13.1. The van der Waals surface area contributed by atoms with Crippen LogP contribution < -0.4 is 14.4 Å². The summed E-state index contributed by atoms with van der Waals surface area (Å²) in [6.45, 7) is 7.24. The first-order chi connectivity index (χ1) is 18.9. The molecule has 0 radical (unpaired) electrons. The number of anilines is 1. The molecule has 9 nitrogen and oxygen atoms in total. The van der Waals surface area contributed by atoms with E-state index in [1.807, 2.05) is 53.4 Å². The van der Waals surface area contributed by atoms with Crippen LogP contribution in [-0.2, 0) is 4.79 Å². The van der Waals surface area contributed by atoms with E-state index in [4.69, 9.17) is 9.47 Å². The number of ether oxygens (including phenoxy) is 2. The SMILES string of the molecule is CC[C@H](C)CN(CC(=O)N1CCN(c2ccc(-c3ccc(OC)cc3OC)nn2)CC1)C(=O)c1ccccc1. The lowest BCUT2D eigenvalue weighted by molar-refractivity contribution is -0.132. The van der Waals surface area contributed by atoms with E-state index in [0.29, 0.717) is 61.4 Å². The fourth-order valence-electron chi connectivity index (χ4n) is 4.58. The van der Waals surface area contributed by atoms with E-state index in [9.17, 15) is 9.59 Å². The molecule has 3 aromatic rings. The number of hydrogen-bond donors (Lipinski definition) is 0. The molecule has 2 heterocycles. The molecule has 0 N–H and O–H groups in total. The molecule has 4 rings (SSSR count). The molecule has 1 atom stereocenters. The van der Waals surface area contributed by atoms with Crippen LogP contribution in [-0.4, -0.2) is 85.3 Å². The van der Waals surface area contributed by atoms with E-state index in [0.717, 1.165) is 17.8 Å². The molecule has 39 heavy (non-hydrogen) atoms. The van der Waals surface area contributed by atoms with Gasteiger partial charge in [0.05, 0.1) is 19.9 Å². The van der Waals surface area contributed by atoms with Crippen molar-refractivity contribution >= 4 is 17.6 Å². The maximum atomic E-state index is 13.2. The third kappa shape index (κ3) is 6.85. The maximum absolute atomic E-state index is 13.2. The molecule has 0 unspecified atom stereocenters. The molecule has 0 aliphatic carbocycles. The van der Waals surface area contributed by atoms with Crippen LogP contribution >= 0.6 is 0 Å². The molecule has 9 heteroatoms. The maximum Gasteiger partial charge on any atom is 0.254 e. The van der Waals surface area contributed by atoms with Crippen LogP contribution in [0.15, 0.2) is 60.7 Å². The number of benzene rings is 2. The minimum Gasteiger partial charge on any atom is -0.497 e. The Bertz CT molecular complexity index is 1240. The Balaban J connectivity index is 1.37. The summed E-state index contributed by atoms with van der Waals surface area (Å²) < 4.78 is 10.8. The zero-order chi connectivity index (χ0) is 27.8. The van der Waals surface area contributed by atoms with Crippen molar-refractivity contribution in [2.24, 2.45) is 5.92 Å². The number of rotatable bonds is 10. The summed E-state index contributed by atoms with van der Waals surface area (Å²) in [5.74, 6) is 2.30. The molecule has 206 valence electrons. The van der Waals surface area contributed by atoms with Crippen LogP contribution in [0.4, 0.5) is 5.82 Å². The van der Waals surface area contributed by atoms with Gasteiger partial charge in [-0.3, -0.25) is 9.59 Å². The molecule has 1 aliphatic rings. The highest BCUT2D eigenvalue weighted by molar-refractivity contribution is 5.96. The Hall–Kier alpha value is -4.14. The molecule has 1 aliphatic heterocycles. The third-order valence-electron chi connectivity index (χ3n) is 7.15. The molecular formula is C30H37N5O4. The van der Waals surface area contributed by atoms with E-state index >= 15 is 0 Å². The Labute approximate surface area is 230 Å². The molecule has 1 aromatic heterocycles. The second-order valence-corrected chi connectivity index (χ2v) is 9.78. The quantitative estimate of drug-likeness (QED) is 0.391. The summed E-state index contributed by atoms with van der Waals surface area (Å²) in [6, 6.07) is 18.6. The fraction of sp³-hybridized carbons (Fsp3) is 0.400. The van der Waals surface area contributed by atoms with E-state index in [2.05, 4.69) is 28.9 Å². The van der Waals surface area contributed by atoms with Crippen LogP contribution in [0.25, 0.3) is 11.3 Å². The molecule has 0 bridgehead atoms. The van der Waals surface area contributed by atoms with Gasteiger partial charge in [-0.15, -0.1) is 10.2 Å². The average Bonchev–Trinajstić information content (AvgIpc) is 3.00. The molecular weight excluding hydrogens is 494 g/mol. The molecule has 0 spiro atoms. The Morgan fingerprint density at radius 3 is 2.31 bits per heavy atom. The van der Waals surface area contributed by atoms with Gasteiger partial charge in [0.15, 0.2) is 5.82 Å². The predicted octanol–water partition coefficient (Wildman–Crippen LogP) is 4.00. The van der Waals surface area contributed by atoms with Crippen molar-refractivity contribution in [3.8, 4) is 22.8 Å². The van der Waals surface area contributed by atoms with Crippen molar-refractivity contribution in [2.45, 2.75) is 20.3 Å². The smallest absolute Gasteiger partial charge is 0.254 e. The number of methoxy groups -OCH3 is 2. The summed E-state index contributed by atoms with van der Waals surface area (Å²) in [7, 11) is 3.23. The van der Waals surface area contributed by atoms with E-state index in [1.54, 1.807) is 31.3 Å². The first kappa shape index (κ1) is 27.9. The summed E-state index contributed by atoms with van der Waals surface area (Å²) in [5.41, 5.74) is 2.14. The van der Waals surface area contributed by atoms with Crippen molar-refractivity contribution in [1.82, 2.24) is 20.0 Å². The number of hydrogen-bond acceptors (Lipinski definition) is 7. The van der Waals surface area contributed by atoms with Crippen molar-refractivity contribution in [2.75, 3.05) is 58.4 Å².